The number of hydrogen-bond acceptors (Lipinski definition) is 3. The van der Waals surface area contributed by atoms with Gasteiger partial charge in [-0.3, -0.25) is 14.5 Å². The quantitative estimate of drug-likeness (QED) is 0.717. The van der Waals surface area contributed by atoms with Gasteiger partial charge in [-0.2, -0.15) is 0 Å². The molecule has 158 valence electrons. The number of imide groups is 1. The number of nitrogens with zero attached hydrogens (tertiary/aromatic N) is 1. The maximum absolute atomic E-state index is 14.1. The van der Waals surface area contributed by atoms with Crippen molar-refractivity contribution in [3.8, 4) is 0 Å². The molecule has 29 heavy (non-hydrogen) atoms. The lowest BCUT2D eigenvalue weighted by Crippen LogP contribution is -2.50. The van der Waals surface area contributed by atoms with Crippen LogP contribution in [-0.2, 0) is 15.0 Å². The fourth-order valence-corrected chi connectivity index (χ4v) is 4.36. The van der Waals surface area contributed by atoms with Gasteiger partial charge in [-0.1, -0.05) is 45.4 Å². The molecule has 1 heterocycles. The van der Waals surface area contributed by atoms with Crippen LogP contribution >= 0.6 is 0 Å². The van der Waals surface area contributed by atoms with Crippen LogP contribution in [0.2, 0.25) is 0 Å². The SMILES string of the molecule is CCC1CCC2(CC1)NC(=O)N(CC(=O)NCC(C)(C)c1ccccc1F)C2=O. The van der Waals surface area contributed by atoms with Crippen molar-refractivity contribution in [3.05, 3.63) is 35.6 Å². The summed E-state index contributed by atoms with van der Waals surface area (Å²) in [5, 5.41) is 5.58. The lowest BCUT2D eigenvalue weighted by atomic mass is 9.75. The Kier molecular flexibility index (Phi) is 5.96. The molecule has 1 aliphatic carbocycles. The molecule has 7 heteroatoms. The number of benzene rings is 1. The van der Waals surface area contributed by atoms with Crippen LogP contribution in [0, 0.1) is 11.7 Å². The summed E-state index contributed by atoms with van der Waals surface area (Å²) in [5.74, 6) is -0.480. The Bertz CT molecular complexity index is 800. The lowest BCUT2D eigenvalue weighted by Gasteiger charge is -2.34. The van der Waals surface area contributed by atoms with Crippen molar-refractivity contribution in [2.75, 3.05) is 13.1 Å². The van der Waals surface area contributed by atoms with Crippen LogP contribution in [-0.4, -0.2) is 41.4 Å². The van der Waals surface area contributed by atoms with Gasteiger partial charge >= 0.3 is 6.03 Å². The first-order valence-corrected chi connectivity index (χ1v) is 10.3. The van der Waals surface area contributed by atoms with E-state index in [0.29, 0.717) is 24.3 Å². The van der Waals surface area contributed by atoms with E-state index in [-0.39, 0.29) is 24.8 Å². The molecule has 1 aromatic rings. The summed E-state index contributed by atoms with van der Waals surface area (Å²) in [4.78, 5) is 38.7. The Morgan fingerprint density at radius 1 is 1.28 bits per heavy atom. The zero-order valence-electron chi connectivity index (χ0n) is 17.4. The van der Waals surface area contributed by atoms with Gasteiger partial charge in [-0.15, -0.1) is 0 Å². The van der Waals surface area contributed by atoms with Crippen molar-refractivity contribution in [2.24, 2.45) is 5.92 Å². The molecule has 1 aliphatic heterocycles. The van der Waals surface area contributed by atoms with Crippen molar-refractivity contribution < 1.29 is 18.8 Å². The minimum absolute atomic E-state index is 0.194. The molecule has 1 aromatic carbocycles. The number of amides is 4. The highest BCUT2D eigenvalue weighted by atomic mass is 19.1. The van der Waals surface area contributed by atoms with E-state index in [1.807, 2.05) is 13.8 Å². The van der Waals surface area contributed by atoms with Crippen LogP contribution in [0.3, 0.4) is 0 Å². The van der Waals surface area contributed by atoms with Gasteiger partial charge in [0, 0.05) is 12.0 Å². The average Bonchev–Trinajstić information content (AvgIpc) is 2.91. The van der Waals surface area contributed by atoms with Crippen molar-refractivity contribution in [3.63, 3.8) is 0 Å². The van der Waals surface area contributed by atoms with Gasteiger partial charge in [0.1, 0.15) is 17.9 Å². The second kappa shape index (κ2) is 8.13. The van der Waals surface area contributed by atoms with Gasteiger partial charge in [0.25, 0.3) is 5.91 Å². The molecule has 1 spiro atoms. The maximum Gasteiger partial charge on any atom is 0.325 e. The van der Waals surface area contributed by atoms with E-state index in [1.165, 1.54) is 6.07 Å². The Labute approximate surface area is 171 Å². The number of carbonyl (C=O) groups is 3. The summed E-state index contributed by atoms with van der Waals surface area (Å²) in [5.41, 5.74) is -0.977. The van der Waals surface area contributed by atoms with Gasteiger partial charge in [0.05, 0.1) is 0 Å². The molecule has 0 atom stereocenters. The van der Waals surface area contributed by atoms with Gasteiger partial charge in [0.2, 0.25) is 5.91 Å². The first-order chi connectivity index (χ1) is 13.7. The predicted octanol–water partition coefficient (Wildman–Crippen LogP) is 3.11. The number of rotatable bonds is 6. The van der Waals surface area contributed by atoms with Gasteiger partial charge in [-0.25, -0.2) is 9.18 Å². The highest BCUT2D eigenvalue weighted by Crippen LogP contribution is 2.37. The molecule has 2 N–H and O–H groups in total. The summed E-state index contributed by atoms with van der Waals surface area (Å²) in [6.45, 7) is 5.68. The molecule has 3 rings (SSSR count). The van der Waals surface area contributed by atoms with Crippen LogP contribution in [0.4, 0.5) is 9.18 Å². The number of halogens is 1. The first kappa shape index (κ1) is 21.3. The minimum atomic E-state index is -0.852. The summed E-state index contributed by atoms with van der Waals surface area (Å²) >= 11 is 0. The number of hydrogen-bond donors (Lipinski definition) is 2. The summed E-state index contributed by atoms with van der Waals surface area (Å²) in [7, 11) is 0. The number of nitrogens with one attached hydrogen (secondary N) is 2. The lowest BCUT2D eigenvalue weighted by molar-refractivity contribution is -0.136. The van der Waals surface area contributed by atoms with E-state index in [4.69, 9.17) is 0 Å². The second-order valence-corrected chi connectivity index (χ2v) is 8.90. The van der Waals surface area contributed by atoms with Gasteiger partial charge < -0.3 is 10.6 Å². The van der Waals surface area contributed by atoms with Crippen LogP contribution < -0.4 is 10.6 Å². The summed E-state index contributed by atoms with van der Waals surface area (Å²) < 4.78 is 14.1. The third kappa shape index (κ3) is 4.28. The fourth-order valence-electron chi connectivity index (χ4n) is 4.36. The van der Waals surface area contributed by atoms with E-state index in [0.717, 1.165) is 24.2 Å². The van der Waals surface area contributed by atoms with E-state index >= 15 is 0 Å². The number of urea groups is 1. The Morgan fingerprint density at radius 2 is 1.93 bits per heavy atom. The van der Waals surface area contributed by atoms with Crippen LogP contribution in [0.1, 0.15) is 58.4 Å². The van der Waals surface area contributed by atoms with E-state index < -0.39 is 22.9 Å². The largest absolute Gasteiger partial charge is 0.354 e. The molecular formula is C22H30FN3O3. The van der Waals surface area contributed by atoms with E-state index in [2.05, 4.69) is 17.6 Å². The number of carbonyl (C=O) groups excluding carboxylic acids is 3. The van der Waals surface area contributed by atoms with E-state index in [9.17, 15) is 18.8 Å². The van der Waals surface area contributed by atoms with Crippen molar-refractivity contribution in [1.82, 2.24) is 15.5 Å². The average molecular weight is 403 g/mol. The molecule has 1 saturated carbocycles. The maximum atomic E-state index is 14.1. The zero-order valence-corrected chi connectivity index (χ0v) is 17.4. The molecule has 4 amide bonds. The van der Waals surface area contributed by atoms with Crippen LogP contribution in [0.25, 0.3) is 0 Å². The molecule has 2 aliphatic rings. The molecule has 6 nitrogen and oxygen atoms in total. The minimum Gasteiger partial charge on any atom is -0.354 e. The van der Waals surface area contributed by atoms with Gasteiger partial charge in [0.15, 0.2) is 0 Å². The second-order valence-electron chi connectivity index (χ2n) is 8.90. The van der Waals surface area contributed by atoms with Crippen molar-refractivity contribution in [2.45, 2.75) is 63.8 Å². The highest BCUT2D eigenvalue weighted by Gasteiger charge is 2.52. The van der Waals surface area contributed by atoms with Gasteiger partial charge in [-0.05, 0) is 43.2 Å². The normalized spacial score (nSPS) is 24.7. The fraction of sp³-hybridized carbons (Fsp3) is 0.591. The molecule has 0 unspecified atom stereocenters. The third-order valence-corrected chi connectivity index (χ3v) is 6.41. The summed E-state index contributed by atoms with van der Waals surface area (Å²) in [6, 6.07) is 5.94. The first-order valence-electron chi connectivity index (χ1n) is 10.3. The third-order valence-electron chi connectivity index (χ3n) is 6.41. The molecule has 0 aromatic heterocycles. The van der Waals surface area contributed by atoms with Crippen molar-refractivity contribution >= 4 is 17.8 Å². The zero-order chi connectivity index (χ0) is 21.2. The van der Waals surface area contributed by atoms with Crippen LogP contribution in [0.5, 0.6) is 0 Å². The molecule has 2 fully saturated rings. The van der Waals surface area contributed by atoms with Crippen molar-refractivity contribution in [1.29, 1.82) is 0 Å². The van der Waals surface area contributed by atoms with E-state index in [1.54, 1.807) is 18.2 Å². The highest BCUT2D eigenvalue weighted by molar-refractivity contribution is 6.09. The Balaban J connectivity index is 1.59. The Morgan fingerprint density at radius 3 is 2.55 bits per heavy atom. The molecule has 0 radical (unpaired) electrons. The Hall–Kier alpha value is -2.44. The predicted molar refractivity (Wildman–Crippen MR) is 108 cm³/mol. The summed E-state index contributed by atoms with van der Waals surface area (Å²) in [6.07, 6.45) is 4.12. The molecule has 1 saturated heterocycles. The monoisotopic (exact) mass is 403 g/mol. The standard InChI is InChI=1S/C22H30FN3O3/c1-4-15-9-11-22(12-10-15)19(28)26(20(29)25-22)13-18(27)24-14-21(2,3)16-7-5-6-8-17(16)23/h5-8,15H,4,9-14H2,1-3H3,(H,24,27)(H,25,29). The smallest absolute Gasteiger partial charge is 0.325 e. The molecular weight excluding hydrogens is 373 g/mol. The van der Waals surface area contributed by atoms with Crippen LogP contribution in [0.15, 0.2) is 24.3 Å². The topological polar surface area (TPSA) is 78.5 Å². The molecule has 0 bridgehead atoms.